The molecule has 4 rings (SSSR count). The summed E-state index contributed by atoms with van der Waals surface area (Å²) in [6, 6.07) is 11.0. The lowest BCUT2D eigenvalue weighted by atomic mass is 9.93. The lowest BCUT2D eigenvalue weighted by Gasteiger charge is -2.25. The molecular weight excluding hydrogens is 348 g/mol. The summed E-state index contributed by atoms with van der Waals surface area (Å²) in [6.07, 6.45) is 1.04. The maximum absolute atomic E-state index is 5.92. The Hall–Kier alpha value is -2.46. The van der Waals surface area contributed by atoms with Gasteiger partial charge in [-0.3, -0.25) is 0 Å². The van der Waals surface area contributed by atoms with Crippen molar-refractivity contribution in [2.45, 2.75) is 40.2 Å². The fraction of sp³-hybridized carbons (Fsp3) is 0.417. The van der Waals surface area contributed by atoms with Gasteiger partial charge in [-0.15, -0.1) is 0 Å². The third-order valence-electron chi connectivity index (χ3n) is 5.50. The predicted octanol–water partition coefficient (Wildman–Crippen LogP) is 5.06. The smallest absolute Gasteiger partial charge is 0.161 e. The fourth-order valence-electron chi connectivity index (χ4n) is 4.21. The van der Waals surface area contributed by atoms with Gasteiger partial charge in [-0.2, -0.15) is 0 Å². The Kier molecular flexibility index (Phi) is 5.07. The molecule has 1 aromatic heterocycles. The van der Waals surface area contributed by atoms with Crippen LogP contribution in [0.4, 0.5) is 0 Å². The molecule has 0 spiro atoms. The molecule has 1 atom stereocenters. The van der Waals surface area contributed by atoms with Crippen LogP contribution < -0.4 is 14.8 Å². The van der Waals surface area contributed by atoms with Crippen molar-refractivity contribution < 1.29 is 9.47 Å². The molecule has 0 bridgehead atoms. The molecule has 0 fully saturated rings. The van der Waals surface area contributed by atoms with Crippen LogP contribution in [-0.4, -0.2) is 25.2 Å². The van der Waals surface area contributed by atoms with Gasteiger partial charge in [-0.1, -0.05) is 31.5 Å². The number of H-pyrrole nitrogens is 1. The van der Waals surface area contributed by atoms with E-state index in [2.05, 4.69) is 62.3 Å². The summed E-state index contributed by atoms with van der Waals surface area (Å²) in [5, 5.41) is 5.04. The predicted molar refractivity (Wildman–Crippen MR) is 115 cm³/mol. The molecule has 2 aromatic carbocycles. The minimum absolute atomic E-state index is 0.129. The lowest BCUT2D eigenvalue weighted by molar-refractivity contribution is 0.256. The summed E-state index contributed by atoms with van der Waals surface area (Å²) in [4.78, 5) is 3.72. The molecule has 0 saturated heterocycles. The van der Waals surface area contributed by atoms with Crippen molar-refractivity contribution in [3.63, 3.8) is 0 Å². The summed E-state index contributed by atoms with van der Waals surface area (Å²) in [5.74, 6) is 2.07. The van der Waals surface area contributed by atoms with Gasteiger partial charge >= 0.3 is 0 Å². The van der Waals surface area contributed by atoms with Crippen LogP contribution in [0.5, 0.6) is 11.5 Å². The van der Waals surface area contributed by atoms with E-state index in [1.54, 1.807) is 7.11 Å². The standard InChI is InChI=1S/C24H30N2O2/c1-14(2)13-28-20-7-6-17(12-21(20)27-5)23-24-18(8-9-25-23)19-11-15(3)10-16(4)22(19)26-24/h6-7,10-12,14,23,25-26H,8-9,13H2,1-5H3. The van der Waals surface area contributed by atoms with E-state index in [0.29, 0.717) is 12.5 Å². The number of nitrogens with one attached hydrogen (secondary N) is 2. The van der Waals surface area contributed by atoms with Gasteiger partial charge in [0.1, 0.15) is 0 Å². The number of fused-ring (bicyclic) bond motifs is 3. The van der Waals surface area contributed by atoms with E-state index in [0.717, 1.165) is 24.5 Å². The van der Waals surface area contributed by atoms with E-state index >= 15 is 0 Å². The summed E-state index contributed by atoms with van der Waals surface area (Å²) in [5.41, 5.74) is 7.77. The number of rotatable bonds is 5. The van der Waals surface area contributed by atoms with E-state index in [4.69, 9.17) is 9.47 Å². The van der Waals surface area contributed by atoms with Crippen LogP contribution in [0.15, 0.2) is 30.3 Å². The van der Waals surface area contributed by atoms with Crippen molar-refractivity contribution in [3.8, 4) is 11.5 Å². The molecule has 4 nitrogen and oxygen atoms in total. The molecule has 0 radical (unpaired) electrons. The summed E-state index contributed by atoms with van der Waals surface area (Å²) >= 11 is 0. The molecule has 3 aromatic rings. The van der Waals surface area contributed by atoms with Crippen molar-refractivity contribution in [1.82, 2.24) is 10.3 Å². The number of aromatic amines is 1. The molecule has 0 amide bonds. The van der Waals surface area contributed by atoms with Crippen molar-refractivity contribution in [2.75, 3.05) is 20.3 Å². The van der Waals surface area contributed by atoms with Gasteiger partial charge < -0.3 is 19.8 Å². The van der Waals surface area contributed by atoms with Gasteiger partial charge in [-0.25, -0.2) is 0 Å². The largest absolute Gasteiger partial charge is 0.493 e. The van der Waals surface area contributed by atoms with Crippen LogP contribution in [0.2, 0.25) is 0 Å². The van der Waals surface area contributed by atoms with Crippen molar-refractivity contribution >= 4 is 10.9 Å². The molecule has 0 saturated carbocycles. The number of hydrogen-bond donors (Lipinski definition) is 2. The Labute approximate surface area is 167 Å². The molecule has 148 valence electrons. The van der Waals surface area contributed by atoms with Crippen molar-refractivity contribution in [2.24, 2.45) is 5.92 Å². The van der Waals surface area contributed by atoms with E-state index in [-0.39, 0.29) is 6.04 Å². The normalized spacial score (nSPS) is 16.4. The summed E-state index contributed by atoms with van der Waals surface area (Å²) in [7, 11) is 1.70. The van der Waals surface area contributed by atoms with Crippen LogP contribution in [-0.2, 0) is 6.42 Å². The highest BCUT2D eigenvalue weighted by Crippen LogP contribution is 2.38. The highest BCUT2D eigenvalue weighted by Gasteiger charge is 2.26. The van der Waals surface area contributed by atoms with E-state index < -0.39 is 0 Å². The lowest BCUT2D eigenvalue weighted by Crippen LogP contribution is -2.30. The summed E-state index contributed by atoms with van der Waals surface area (Å²) in [6.45, 7) is 10.3. The number of methoxy groups -OCH3 is 1. The van der Waals surface area contributed by atoms with Gasteiger partial charge in [0.05, 0.1) is 19.8 Å². The summed E-state index contributed by atoms with van der Waals surface area (Å²) < 4.78 is 11.6. The van der Waals surface area contributed by atoms with Gasteiger partial charge in [0.2, 0.25) is 0 Å². The first-order valence-corrected chi connectivity index (χ1v) is 10.1. The zero-order valence-corrected chi connectivity index (χ0v) is 17.5. The molecule has 2 N–H and O–H groups in total. The van der Waals surface area contributed by atoms with Gasteiger partial charge in [0.25, 0.3) is 0 Å². The first-order valence-electron chi connectivity index (χ1n) is 10.1. The number of aromatic nitrogens is 1. The van der Waals surface area contributed by atoms with Crippen molar-refractivity contribution in [1.29, 1.82) is 0 Å². The van der Waals surface area contributed by atoms with Crippen LogP contribution in [0, 0.1) is 19.8 Å². The van der Waals surface area contributed by atoms with Crippen LogP contribution in [0.25, 0.3) is 10.9 Å². The second kappa shape index (κ2) is 7.51. The monoisotopic (exact) mass is 378 g/mol. The number of benzene rings is 2. The Balaban J connectivity index is 1.74. The molecule has 1 aliphatic rings. The zero-order valence-electron chi connectivity index (χ0n) is 17.5. The Morgan fingerprint density at radius 1 is 1.11 bits per heavy atom. The molecule has 0 aliphatic carbocycles. The number of aryl methyl sites for hydroxylation is 2. The number of ether oxygens (including phenoxy) is 2. The Morgan fingerprint density at radius 2 is 1.93 bits per heavy atom. The minimum Gasteiger partial charge on any atom is -0.493 e. The van der Waals surface area contributed by atoms with Gasteiger partial charge in [0.15, 0.2) is 11.5 Å². The van der Waals surface area contributed by atoms with E-state index in [1.807, 2.05) is 6.07 Å². The van der Waals surface area contributed by atoms with Crippen molar-refractivity contribution in [3.05, 3.63) is 58.3 Å². The van der Waals surface area contributed by atoms with Gasteiger partial charge in [-0.05, 0) is 61.1 Å². The van der Waals surface area contributed by atoms with Crippen LogP contribution in [0.1, 0.15) is 47.8 Å². The SMILES string of the molecule is COc1cc(C2NCCc3c2[nH]c2c(C)cc(C)cc32)ccc1OCC(C)C. The maximum atomic E-state index is 5.92. The quantitative estimate of drug-likeness (QED) is 0.652. The van der Waals surface area contributed by atoms with E-state index in [9.17, 15) is 0 Å². The first-order chi connectivity index (χ1) is 13.5. The molecule has 2 heterocycles. The maximum Gasteiger partial charge on any atom is 0.161 e. The Morgan fingerprint density at radius 3 is 2.68 bits per heavy atom. The third kappa shape index (κ3) is 3.37. The average Bonchev–Trinajstić information content (AvgIpc) is 3.05. The highest BCUT2D eigenvalue weighted by molar-refractivity contribution is 5.88. The van der Waals surface area contributed by atoms with E-state index in [1.165, 1.54) is 38.9 Å². The third-order valence-corrected chi connectivity index (χ3v) is 5.50. The zero-order chi connectivity index (χ0) is 19.8. The molecule has 1 unspecified atom stereocenters. The average molecular weight is 379 g/mol. The molecular formula is C24H30N2O2. The number of hydrogen-bond acceptors (Lipinski definition) is 3. The minimum atomic E-state index is 0.129. The first kappa shape index (κ1) is 18.9. The second-order valence-electron chi connectivity index (χ2n) is 8.27. The molecule has 1 aliphatic heterocycles. The topological polar surface area (TPSA) is 46.3 Å². The molecule has 28 heavy (non-hydrogen) atoms. The van der Waals surface area contributed by atoms with Gasteiger partial charge in [0, 0.05) is 23.1 Å². The highest BCUT2D eigenvalue weighted by atomic mass is 16.5. The molecule has 4 heteroatoms. The Bertz CT molecular complexity index is 1000. The fourth-order valence-corrected chi connectivity index (χ4v) is 4.21. The van der Waals surface area contributed by atoms with Crippen LogP contribution >= 0.6 is 0 Å². The van der Waals surface area contributed by atoms with Crippen LogP contribution in [0.3, 0.4) is 0 Å². The second-order valence-corrected chi connectivity index (χ2v) is 8.27.